The number of rotatable bonds is 8. The van der Waals surface area contributed by atoms with Crippen LogP contribution in [0, 0.1) is 11.2 Å². The first kappa shape index (κ1) is 21.7. The number of hydrogen-bond acceptors (Lipinski definition) is 3. The second-order valence-electron chi connectivity index (χ2n) is 7.21. The molecule has 0 aliphatic carbocycles. The van der Waals surface area contributed by atoms with Gasteiger partial charge in [0.2, 0.25) is 5.91 Å². The lowest BCUT2D eigenvalue weighted by Gasteiger charge is -2.22. The summed E-state index contributed by atoms with van der Waals surface area (Å²) >= 11 is 0. The fourth-order valence-electron chi connectivity index (χ4n) is 2.21. The van der Waals surface area contributed by atoms with Gasteiger partial charge in [-0.05, 0) is 37.1 Å². The number of carbonyl (C=O) groups is 1. The van der Waals surface area contributed by atoms with E-state index in [9.17, 15) is 14.3 Å². The molecule has 0 saturated carbocycles. The molecule has 26 heavy (non-hydrogen) atoms. The smallest absolute Gasteiger partial charge is 0.226 e. The molecule has 5 nitrogen and oxygen atoms in total. The van der Waals surface area contributed by atoms with E-state index in [4.69, 9.17) is 5.73 Å². The second kappa shape index (κ2) is 9.94. The van der Waals surface area contributed by atoms with Crippen molar-refractivity contribution >= 4 is 17.4 Å². The molecule has 6 heteroatoms. The molecular formula is C20H30FN3O2. The summed E-state index contributed by atoms with van der Waals surface area (Å²) in [6, 6.07) is 5.89. The summed E-state index contributed by atoms with van der Waals surface area (Å²) in [6.45, 7) is 8.48. The summed E-state index contributed by atoms with van der Waals surface area (Å²) in [5.74, 6) is 0.0937. The zero-order chi connectivity index (χ0) is 19.7. The normalized spacial score (nSPS) is 13.0. The molecule has 0 aliphatic rings. The van der Waals surface area contributed by atoms with Crippen molar-refractivity contribution in [3.05, 3.63) is 41.9 Å². The van der Waals surface area contributed by atoms with Crippen LogP contribution in [0.5, 0.6) is 0 Å². The van der Waals surface area contributed by atoms with Gasteiger partial charge in [0.15, 0.2) is 0 Å². The van der Waals surface area contributed by atoms with Crippen LogP contribution >= 0.6 is 0 Å². The number of carbonyl (C=O) groups excluding carboxylic acids is 1. The summed E-state index contributed by atoms with van der Waals surface area (Å²) < 4.78 is 13.1. The average Bonchev–Trinajstić information content (AvgIpc) is 2.55. The van der Waals surface area contributed by atoms with E-state index in [0.29, 0.717) is 31.6 Å². The second-order valence-corrected chi connectivity index (χ2v) is 7.21. The molecule has 0 unspecified atom stereocenters. The van der Waals surface area contributed by atoms with Crippen LogP contribution < -0.4 is 10.6 Å². The van der Waals surface area contributed by atoms with Crippen LogP contribution in [0.2, 0.25) is 0 Å². The number of aliphatic imine (C=N–C) groups is 1. The first-order valence-electron chi connectivity index (χ1n) is 8.92. The summed E-state index contributed by atoms with van der Waals surface area (Å²) in [7, 11) is 0. The van der Waals surface area contributed by atoms with Crippen molar-refractivity contribution in [3.63, 3.8) is 0 Å². The van der Waals surface area contributed by atoms with Crippen LogP contribution in [0.15, 0.2) is 41.1 Å². The number of hydrogen-bond donors (Lipinski definition) is 2. The summed E-state index contributed by atoms with van der Waals surface area (Å²) in [5.41, 5.74) is 6.11. The Labute approximate surface area is 155 Å². The SMILES string of the molecule is CCCC(=O)N(CCCN=C(N)/C=C(\O)C(C)(C)C)c1ccc(F)cc1. The van der Waals surface area contributed by atoms with E-state index >= 15 is 0 Å². The molecule has 0 fully saturated rings. The number of amidine groups is 1. The minimum Gasteiger partial charge on any atom is -0.512 e. The summed E-state index contributed by atoms with van der Waals surface area (Å²) in [4.78, 5) is 18.2. The van der Waals surface area contributed by atoms with E-state index in [1.807, 2.05) is 27.7 Å². The summed E-state index contributed by atoms with van der Waals surface area (Å²) in [6.07, 6.45) is 3.25. The van der Waals surface area contributed by atoms with Gasteiger partial charge < -0.3 is 15.7 Å². The Balaban J connectivity index is 2.71. The Bertz CT molecular complexity index is 646. The molecule has 0 aliphatic heterocycles. The van der Waals surface area contributed by atoms with Crippen LogP contribution in [0.25, 0.3) is 0 Å². The third-order valence-electron chi connectivity index (χ3n) is 3.79. The zero-order valence-corrected chi connectivity index (χ0v) is 16.1. The number of nitrogens with two attached hydrogens (primary N) is 1. The average molecular weight is 363 g/mol. The lowest BCUT2D eigenvalue weighted by molar-refractivity contribution is -0.118. The molecule has 0 bridgehead atoms. The van der Waals surface area contributed by atoms with Gasteiger partial charge >= 0.3 is 0 Å². The van der Waals surface area contributed by atoms with Gasteiger partial charge in [0.25, 0.3) is 0 Å². The number of nitrogens with zero attached hydrogens (tertiary/aromatic N) is 2. The van der Waals surface area contributed by atoms with Crippen molar-refractivity contribution in [1.29, 1.82) is 0 Å². The predicted octanol–water partition coefficient (Wildman–Crippen LogP) is 4.19. The first-order valence-corrected chi connectivity index (χ1v) is 8.92. The number of allylic oxidation sites excluding steroid dienone is 1. The maximum absolute atomic E-state index is 13.1. The quantitative estimate of drug-likeness (QED) is 0.314. The standard InChI is InChI=1S/C20H30FN3O2/c1-5-7-19(26)24(16-10-8-15(21)9-11-16)13-6-12-23-18(22)14-17(25)20(2,3)4/h8-11,14,25H,5-7,12-13H2,1-4H3,(H2,22,23)/b17-14-. The van der Waals surface area contributed by atoms with E-state index in [1.54, 1.807) is 17.0 Å². The lowest BCUT2D eigenvalue weighted by Crippen LogP contribution is -2.32. The van der Waals surface area contributed by atoms with Crippen LogP contribution in [-0.4, -0.2) is 29.9 Å². The number of aliphatic hydroxyl groups is 1. The van der Waals surface area contributed by atoms with Crippen LogP contribution in [0.3, 0.4) is 0 Å². The van der Waals surface area contributed by atoms with Crippen molar-refractivity contribution in [2.24, 2.45) is 16.1 Å². The molecule has 0 aromatic heterocycles. The Morgan fingerprint density at radius 1 is 1.31 bits per heavy atom. The highest BCUT2D eigenvalue weighted by molar-refractivity contribution is 5.93. The highest BCUT2D eigenvalue weighted by atomic mass is 19.1. The van der Waals surface area contributed by atoms with Crippen molar-refractivity contribution in [2.45, 2.75) is 47.0 Å². The van der Waals surface area contributed by atoms with Crippen LogP contribution in [0.4, 0.5) is 10.1 Å². The summed E-state index contributed by atoms with van der Waals surface area (Å²) in [5, 5.41) is 9.92. The molecule has 1 aromatic rings. The maximum atomic E-state index is 13.1. The predicted molar refractivity (Wildman–Crippen MR) is 105 cm³/mol. The van der Waals surface area contributed by atoms with E-state index in [1.165, 1.54) is 18.2 Å². The largest absolute Gasteiger partial charge is 0.512 e. The molecule has 0 radical (unpaired) electrons. The van der Waals surface area contributed by atoms with Crippen molar-refractivity contribution in [1.82, 2.24) is 0 Å². The minimum atomic E-state index is -0.383. The van der Waals surface area contributed by atoms with Gasteiger partial charge in [0.1, 0.15) is 17.4 Å². The van der Waals surface area contributed by atoms with Crippen molar-refractivity contribution in [2.75, 3.05) is 18.0 Å². The van der Waals surface area contributed by atoms with E-state index in [0.717, 1.165) is 6.42 Å². The molecule has 0 saturated heterocycles. The number of amides is 1. The zero-order valence-electron chi connectivity index (χ0n) is 16.1. The van der Waals surface area contributed by atoms with Gasteiger partial charge in [-0.3, -0.25) is 9.79 Å². The lowest BCUT2D eigenvalue weighted by atomic mass is 9.93. The molecule has 0 spiro atoms. The molecule has 3 N–H and O–H groups in total. The molecule has 1 rings (SSSR count). The number of anilines is 1. The topological polar surface area (TPSA) is 78.9 Å². The third kappa shape index (κ3) is 7.25. The van der Waals surface area contributed by atoms with Gasteiger partial charge in [-0.2, -0.15) is 0 Å². The van der Waals surface area contributed by atoms with Gasteiger partial charge in [-0.1, -0.05) is 27.7 Å². The monoisotopic (exact) mass is 363 g/mol. The molecule has 0 atom stereocenters. The maximum Gasteiger partial charge on any atom is 0.226 e. The third-order valence-corrected chi connectivity index (χ3v) is 3.79. The number of halogens is 1. The van der Waals surface area contributed by atoms with Gasteiger partial charge in [0.05, 0.1) is 0 Å². The number of benzene rings is 1. The fraction of sp³-hybridized carbons (Fsp3) is 0.500. The fourth-order valence-corrected chi connectivity index (χ4v) is 2.21. The van der Waals surface area contributed by atoms with Crippen LogP contribution in [0.1, 0.15) is 47.0 Å². The Kier molecular flexibility index (Phi) is 8.29. The Morgan fingerprint density at radius 2 is 1.92 bits per heavy atom. The first-order chi connectivity index (χ1) is 12.1. The Morgan fingerprint density at radius 3 is 2.46 bits per heavy atom. The van der Waals surface area contributed by atoms with Crippen molar-refractivity contribution in [3.8, 4) is 0 Å². The molecule has 0 heterocycles. The Hall–Kier alpha value is -2.37. The van der Waals surface area contributed by atoms with E-state index in [2.05, 4.69) is 4.99 Å². The van der Waals surface area contributed by atoms with Gasteiger partial charge in [-0.25, -0.2) is 4.39 Å². The highest BCUT2D eigenvalue weighted by Gasteiger charge is 2.16. The molecule has 1 aromatic carbocycles. The molecule has 1 amide bonds. The minimum absolute atomic E-state index is 0.00123. The molecular weight excluding hydrogens is 333 g/mol. The highest BCUT2D eigenvalue weighted by Crippen LogP contribution is 2.22. The number of aliphatic hydroxyl groups excluding tert-OH is 1. The van der Waals surface area contributed by atoms with Crippen molar-refractivity contribution < 1.29 is 14.3 Å². The van der Waals surface area contributed by atoms with E-state index < -0.39 is 0 Å². The van der Waals surface area contributed by atoms with E-state index in [-0.39, 0.29) is 28.7 Å². The molecule has 144 valence electrons. The van der Waals surface area contributed by atoms with Gasteiger partial charge in [-0.15, -0.1) is 0 Å². The van der Waals surface area contributed by atoms with Gasteiger partial charge in [0, 0.05) is 36.7 Å². The van der Waals surface area contributed by atoms with Crippen LogP contribution in [-0.2, 0) is 4.79 Å².